The van der Waals surface area contributed by atoms with Gasteiger partial charge in [0.25, 0.3) is 0 Å². The third kappa shape index (κ3) is 5.21. The van der Waals surface area contributed by atoms with E-state index >= 15 is 0 Å². The number of benzene rings is 1. The van der Waals surface area contributed by atoms with Crippen molar-refractivity contribution in [1.29, 1.82) is 0 Å². The van der Waals surface area contributed by atoms with Crippen molar-refractivity contribution in [3.05, 3.63) is 41.0 Å². The monoisotopic (exact) mass is 351 g/mol. The number of nitrogens with zero attached hydrogens (tertiary/aromatic N) is 3. The minimum absolute atomic E-state index is 0.0692. The van der Waals surface area contributed by atoms with E-state index in [1.54, 1.807) is 0 Å². The van der Waals surface area contributed by atoms with Crippen LogP contribution in [0.2, 0.25) is 5.02 Å². The van der Waals surface area contributed by atoms with Crippen LogP contribution in [0.4, 0.5) is 0 Å². The van der Waals surface area contributed by atoms with Gasteiger partial charge in [-0.1, -0.05) is 43.6 Å². The van der Waals surface area contributed by atoms with Crippen LogP contribution in [0.1, 0.15) is 51.9 Å². The zero-order valence-electron chi connectivity index (χ0n) is 15.0. The highest BCUT2D eigenvalue weighted by atomic mass is 35.5. The number of hydrogen-bond acceptors (Lipinski definition) is 5. The Morgan fingerprint density at radius 3 is 2.71 bits per heavy atom. The van der Waals surface area contributed by atoms with E-state index in [-0.39, 0.29) is 11.5 Å². The van der Waals surface area contributed by atoms with E-state index in [2.05, 4.69) is 42.7 Å². The molecule has 1 unspecified atom stereocenters. The van der Waals surface area contributed by atoms with Gasteiger partial charge in [0.05, 0.1) is 12.6 Å². The van der Waals surface area contributed by atoms with Gasteiger partial charge in [-0.2, -0.15) is 4.98 Å². The maximum absolute atomic E-state index is 5.94. The van der Waals surface area contributed by atoms with E-state index in [0.29, 0.717) is 17.5 Å². The fourth-order valence-electron chi connectivity index (χ4n) is 2.15. The number of ether oxygens (including phenoxy) is 1. The summed E-state index contributed by atoms with van der Waals surface area (Å²) in [7, 11) is 2.05. The van der Waals surface area contributed by atoms with E-state index in [1.807, 2.05) is 31.3 Å². The van der Waals surface area contributed by atoms with Gasteiger partial charge in [-0.05, 0) is 38.6 Å². The smallest absolute Gasteiger partial charge is 0.243 e. The zero-order valence-corrected chi connectivity index (χ0v) is 15.8. The topological polar surface area (TPSA) is 51.4 Å². The highest BCUT2D eigenvalue weighted by Gasteiger charge is 2.24. The molecular weight excluding hydrogens is 326 g/mol. The lowest BCUT2D eigenvalue weighted by atomic mass is 9.96. The third-order valence-electron chi connectivity index (χ3n) is 3.85. The first kappa shape index (κ1) is 18.7. The molecule has 6 heteroatoms. The molecule has 0 radical (unpaired) electrons. The van der Waals surface area contributed by atoms with Crippen molar-refractivity contribution in [2.75, 3.05) is 20.2 Å². The van der Waals surface area contributed by atoms with Crippen molar-refractivity contribution in [2.45, 2.75) is 45.6 Å². The van der Waals surface area contributed by atoms with Gasteiger partial charge in [0.15, 0.2) is 5.82 Å². The van der Waals surface area contributed by atoms with Crippen molar-refractivity contribution >= 4 is 11.6 Å². The van der Waals surface area contributed by atoms with E-state index in [4.69, 9.17) is 20.9 Å². The van der Waals surface area contributed by atoms with Crippen LogP contribution < -0.4 is 4.74 Å². The molecule has 0 aliphatic heterocycles. The van der Waals surface area contributed by atoms with Crippen molar-refractivity contribution < 1.29 is 9.26 Å². The van der Waals surface area contributed by atoms with Crippen LogP contribution in [0.15, 0.2) is 28.8 Å². The summed E-state index contributed by atoms with van der Waals surface area (Å²) in [5.41, 5.74) is -0.106. The van der Waals surface area contributed by atoms with Crippen molar-refractivity contribution in [3.63, 3.8) is 0 Å². The van der Waals surface area contributed by atoms with Gasteiger partial charge in [0, 0.05) is 17.0 Å². The minimum atomic E-state index is -0.106. The normalized spacial score (nSPS) is 13.3. The Kier molecular flexibility index (Phi) is 6.24. The lowest BCUT2D eigenvalue weighted by Gasteiger charge is -2.21. The molecule has 0 fully saturated rings. The lowest BCUT2D eigenvalue weighted by Crippen LogP contribution is -2.25. The summed E-state index contributed by atoms with van der Waals surface area (Å²) in [4.78, 5) is 6.70. The molecule has 132 valence electrons. The number of halogens is 1. The number of rotatable bonds is 7. The van der Waals surface area contributed by atoms with E-state index < -0.39 is 0 Å². The molecule has 24 heavy (non-hydrogen) atoms. The third-order valence-corrected chi connectivity index (χ3v) is 4.09. The van der Waals surface area contributed by atoms with E-state index in [9.17, 15) is 0 Å². The first-order chi connectivity index (χ1) is 11.3. The molecule has 0 spiro atoms. The molecule has 1 aromatic carbocycles. The summed E-state index contributed by atoms with van der Waals surface area (Å²) >= 11 is 5.94. The van der Waals surface area contributed by atoms with Gasteiger partial charge in [-0.15, -0.1) is 0 Å². The first-order valence-corrected chi connectivity index (χ1v) is 8.58. The molecule has 0 saturated heterocycles. The van der Waals surface area contributed by atoms with Crippen LogP contribution in [0.3, 0.4) is 0 Å². The maximum atomic E-state index is 5.94. The molecule has 2 aromatic rings. The van der Waals surface area contributed by atoms with Gasteiger partial charge >= 0.3 is 0 Å². The minimum Gasteiger partial charge on any atom is -0.493 e. The van der Waals surface area contributed by atoms with Crippen LogP contribution in [-0.4, -0.2) is 35.2 Å². The zero-order chi connectivity index (χ0) is 17.7. The van der Waals surface area contributed by atoms with Crippen molar-refractivity contribution in [1.82, 2.24) is 15.0 Å². The molecule has 1 atom stereocenters. The Bertz CT molecular complexity index is 652. The Hall–Kier alpha value is -1.59. The summed E-state index contributed by atoms with van der Waals surface area (Å²) in [6, 6.07) is 7.51. The Morgan fingerprint density at radius 2 is 2.08 bits per heavy atom. The van der Waals surface area contributed by atoms with Gasteiger partial charge in [-0.25, -0.2) is 0 Å². The second-order valence-corrected chi connectivity index (χ2v) is 7.46. The summed E-state index contributed by atoms with van der Waals surface area (Å²) in [6.45, 7) is 9.79. The van der Waals surface area contributed by atoms with E-state index in [0.717, 1.165) is 24.5 Å². The van der Waals surface area contributed by atoms with Crippen molar-refractivity contribution in [3.8, 4) is 5.75 Å². The maximum Gasteiger partial charge on any atom is 0.243 e. The number of aromatic nitrogens is 2. The predicted octanol–water partition coefficient (Wildman–Crippen LogP) is 4.48. The molecule has 0 N–H and O–H groups in total. The largest absolute Gasteiger partial charge is 0.493 e. The second-order valence-electron chi connectivity index (χ2n) is 7.02. The van der Waals surface area contributed by atoms with Crippen LogP contribution >= 0.6 is 11.6 Å². The molecule has 0 saturated carbocycles. The number of hydrogen-bond donors (Lipinski definition) is 0. The lowest BCUT2D eigenvalue weighted by molar-refractivity contribution is 0.192. The summed E-state index contributed by atoms with van der Waals surface area (Å²) < 4.78 is 11.1. The van der Waals surface area contributed by atoms with Gasteiger partial charge in [0.1, 0.15) is 5.75 Å². The molecule has 2 rings (SSSR count). The molecule has 0 bridgehead atoms. The van der Waals surface area contributed by atoms with Crippen LogP contribution in [0.5, 0.6) is 5.75 Å². The average Bonchev–Trinajstić information content (AvgIpc) is 3.01. The van der Waals surface area contributed by atoms with Crippen LogP contribution in [-0.2, 0) is 5.41 Å². The fourth-order valence-corrected chi connectivity index (χ4v) is 2.33. The van der Waals surface area contributed by atoms with Crippen LogP contribution in [0.25, 0.3) is 0 Å². The SMILES string of the molecule is CC(c1nc(C(C)(C)C)no1)N(C)CCCOc1cccc(Cl)c1. The van der Waals surface area contributed by atoms with Gasteiger partial charge in [0.2, 0.25) is 5.89 Å². The van der Waals surface area contributed by atoms with Gasteiger partial charge in [-0.3, -0.25) is 4.90 Å². The summed E-state index contributed by atoms with van der Waals surface area (Å²) in [6.07, 6.45) is 0.896. The molecule has 0 aliphatic carbocycles. The summed E-state index contributed by atoms with van der Waals surface area (Å²) in [5, 5.41) is 4.77. The molecule has 0 aliphatic rings. The molecule has 5 nitrogen and oxygen atoms in total. The molecule has 1 aromatic heterocycles. The summed E-state index contributed by atoms with van der Waals surface area (Å²) in [5.74, 6) is 2.19. The predicted molar refractivity (Wildman–Crippen MR) is 95.6 cm³/mol. The molecule has 1 heterocycles. The Labute approximate surface area is 148 Å². The molecule has 0 amide bonds. The van der Waals surface area contributed by atoms with E-state index in [1.165, 1.54) is 0 Å². The highest BCUT2D eigenvalue weighted by Crippen LogP contribution is 2.23. The molecular formula is C18H26ClN3O2. The standard InChI is InChI=1S/C18H26ClN3O2/c1-13(16-20-17(21-24-16)18(2,3)4)22(5)10-7-11-23-15-9-6-8-14(19)12-15/h6,8-9,12-13H,7,10-11H2,1-5H3. The average molecular weight is 352 g/mol. The van der Waals surface area contributed by atoms with Crippen LogP contribution in [0, 0.1) is 0 Å². The Balaban J connectivity index is 1.79. The van der Waals surface area contributed by atoms with Crippen molar-refractivity contribution in [2.24, 2.45) is 0 Å². The van der Waals surface area contributed by atoms with Gasteiger partial charge < -0.3 is 9.26 Å². The Morgan fingerprint density at radius 1 is 1.33 bits per heavy atom. The second kappa shape index (κ2) is 7.99. The highest BCUT2D eigenvalue weighted by molar-refractivity contribution is 6.30. The quantitative estimate of drug-likeness (QED) is 0.688. The fraction of sp³-hybridized carbons (Fsp3) is 0.556. The first-order valence-electron chi connectivity index (χ1n) is 8.20.